The second-order valence-corrected chi connectivity index (χ2v) is 9.38. The number of imide groups is 1. The van der Waals surface area contributed by atoms with Crippen LogP contribution in [0.25, 0.3) is 31.7 Å². The summed E-state index contributed by atoms with van der Waals surface area (Å²) in [6.45, 7) is 0.883. The van der Waals surface area contributed by atoms with E-state index in [0.29, 0.717) is 24.2 Å². The Hall–Kier alpha value is -4.09. The molecule has 5 heteroatoms. The Morgan fingerprint density at radius 3 is 2.12 bits per heavy atom. The number of benzene rings is 3. The zero-order chi connectivity index (χ0) is 23.1. The molecule has 0 atom stereocenters. The molecule has 164 valence electrons. The largest absolute Gasteiger partial charge is 0.269 e. The average molecular weight is 462 g/mol. The van der Waals surface area contributed by atoms with E-state index in [-0.39, 0.29) is 11.8 Å². The predicted octanol–water partition coefficient (Wildman–Crippen LogP) is 5.82. The summed E-state index contributed by atoms with van der Waals surface area (Å²) in [7, 11) is 0. The van der Waals surface area contributed by atoms with Crippen molar-refractivity contribution in [3.05, 3.63) is 115 Å². The molecule has 0 bridgehead atoms. The van der Waals surface area contributed by atoms with Gasteiger partial charge < -0.3 is 0 Å². The number of amides is 2. The van der Waals surface area contributed by atoms with Gasteiger partial charge in [0, 0.05) is 38.4 Å². The fraction of sp³-hybridized carbons (Fsp3) is 0.0690. The minimum Gasteiger partial charge on any atom is -0.269 e. The topological polar surface area (TPSA) is 41.3 Å². The molecule has 6 rings (SSSR count). The Morgan fingerprint density at radius 1 is 0.647 bits per heavy atom. The minimum atomic E-state index is -0.229. The number of hydrogen-bond donors (Lipinski definition) is 0. The van der Waals surface area contributed by atoms with E-state index < -0.39 is 0 Å². The van der Waals surface area contributed by atoms with Crippen molar-refractivity contribution in [2.45, 2.75) is 6.54 Å². The predicted molar refractivity (Wildman–Crippen MR) is 135 cm³/mol. The first kappa shape index (κ1) is 20.5. The minimum absolute atomic E-state index is 0.229. The van der Waals surface area contributed by atoms with Gasteiger partial charge in [-0.2, -0.15) is 0 Å². The zero-order valence-electron chi connectivity index (χ0n) is 18.3. The quantitative estimate of drug-likeness (QED) is 0.244. The summed E-state index contributed by atoms with van der Waals surface area (Å²) in [6, 6.07) is 30.0. The van der Waals surface area contributed by atoms with Gasteiger partial charge in [0.2, 0.25) is 0 Å². The summed E-state index contributed by atoms with van der Waals surface area (Å²) < 4.78 is 1.97. The van der Waals surface area contributed by atoms with Crippen molar-refractivity contribution in [2.24, 2.45) is 0 Å². The maximum atomic E-state index is 13.4. The van der Waals surface area contributed by atoms with Crippen LogP contribution in [0.3, 0.4) is 0 Å². The van der Waals surface area contributed by atoms with E-state index >= 15 is 0 Å². The van der Waals surface area contributed by atoms with Crippen molar-refractivity contribution in [1.29, 1.82) is 0 Å². The van der Waals surface area contributed by atoms with E-state index in [2.05, 4.69) is 24.3 Å². The monoisotopic (exact) mass is 461 g/mol. The number of thiophene rings is 1. The van der Waals surface area contributed by atoms with E-state index in [1.54, 1.807) is 11.3 Å². The van der Waals surface area contributed by atoms with Crippen LogP contribution in [0.2, 0.25) is 0 Å². The van der Waals surface area contributed by atoms with E-state index in [9.17, 15) is 9.59 Å². The molecule has 1 aliphatic rings. The van der Waals surface area contributed by atoms with Gasteiger partial charge in [-0.05, 0) is 40.8 Å². The van der Waals surface area contributed by atoms with Crippen molar-refractivity contribution in [1.82, 2.24) is 4.90 Å². The number of carbonyl (C=O) groups excluding carboxylic acids is 2. The summed E-state index contributed by atoms with van der Waals surface area (Å²) in [4.78, 5) is 30.4. The van der Waals surface area contributed by atoms with Crippen molar-refractivity contribution >= 4 is 33.9 Å². The fourth-order valence-electron chi connectivity index (χ4n) is 4.60. The maximum Gasteiger partial charge on any atom is 0.261 e. The molecule has 1 aliphatic heterocycles. The normalized spacial score (nSPS) is 13.0. The van der Waals surface area contributed by atoms with Crippen molar-refractivity contribution in [3.8, 4) is 20.9 Å². The Balaban J connectivity index is 1.39. The first-order valence-corrected chi connectivity index (χ1v) is 12.0. The van der Waals surface area contributed by atoms with Gasteiger partial charge in [0.05, 0.1) is 6.54 Å². The molecule has 0 unspecified atom stereocenters. The molecule has 0 fully saturated rings. The second kappa shape index (κ2) is 8.36. The Morgan fingerprint density at radius 2 is 1.32 bits per heavy atom. The van der Waals surface area contributed by atoms with E-state index in [1.807, 2.05) is 83.7 Å². The highest BCUT2D eigenvalue weighted by molar-refractivity contribution is 7.18. The van der Waals surface area contributed by atoms with Crippen LogP contribution < -0.4 is 4.57 Å². The highest BCUT2D eigenvalue weighted by Gasteiger charge is 2.33. The van der Waals surface area contributed by atoms with Gasteiger partial charge in [-0.3, -0.25) is 14.5 Å². The Bertz CT molecular complexity index is 1520. The lowest BCUT2D eigenvalue weighted by atomic mass is 9.91. The first-order valence-electron chi connectivity index (χ1n) is 11.2. The van der Waals surface area contributed by atoms with Crippen LogP contribution in [0.1, 0.15) is 20.7 Å². The molecule has 4 nitrogen and oxygen atoms in total. The number of hydrogen-bond acceptors (Lipinski definition) is 3. The van der Waals surface area contributed by atoms with Gasteiger partial charge in [-0.25, -0.2) is 4.57 Å². The molecule has 2 amide bonds. The number of rotatable bonds is 5. The molecule has 3 heterocycles. The van der Waals surface area contributed by atoms with Crippen LogP contribution in [0.15, 0.2) is 103 Å². The summed E-state index contributed by atoms with van der Waals surface area (Å²) in [5.74, 6) is -0.458. The average Bonchev–Trinajstić information content (AvgIpc) is 3.38. The van der Waals surface area contributed by atoms with E-state index in [4.69, 9.17) is 0 Å². The smallest absolute Gasteiger partial charge is 0.261 e. The number of nitrogens with zero attached hydrogens (tertiary/aromatic N) is 2. The van der Waals surface area contributed by atoms with Crippen molar-refractivity contribution in [3.63, 3.8) is 0 Å². The Labute approximate surface area is 201 Å². The van der Waals surface area contributed by atoms with E-state index in [0.717, 1.165) is 21.2 Å². The molecule has 5 aromatic rings. The number of pyridine rings is 1. The molecule has 0 N–H and O–H groups in total. The van der Waals surface area contributed by atoms with Crippen molar-refractivity contribution < 1.29 is 14.2 Å². The van der Waals surface area contributed by atoms with Crippen LogP contribution in [0.4, 0.5) is 0 Å². The van der Waals surface area contributed by atoms with Gasteiger partial charge in [0.15, 0.2) is 18.9 Å². The zero-order valence-corrected chi connectivity index (χ0v) is 19.2. The lowest BCUT2D eigenvalue weighted by Crippen LogP contribution is -2.46. The van der Waals surface area contributed by atoms with Gasteiger partial charge >= 0.3 is 0 Å². The van der Waals surface area contributed by atoms with Crippen LogP contribution in [-0.4, -0.2) is 23.3 Å². The highest BCUT2D eigenvalue weighted by Crippen LogP contribution is 2.40. The van der Waals surface area contributed by atoms with Crippen LogP contribution in [0, 0.1) is 0 Å². The van der Waals surface area contributed by atoms with Crippen LogP contribution in [-0.2, 0) is 6.54 Å². The SMILES string of the molecule is O=C1c2cccc3c(-c4ccc(-c5ccccc5)s4)ccc(c23)C(=O)N1CC[n+]1ccccc1. The van der Waals surface area contributed by atoms with Gasteiger partial charge in [0.25, 0.3) is 11.8 Å². The van der Waals surface area contributed by atoms with Gasteiger partial charge in [-0.1, -0.05) is 54.6 Å². The standard InChI is InChI=1S/C29H21N2O2S/c32-28-23-11-7-10-22-21(26-15-14-25(34-26)20-8-3-1-4-9-20)12-13-24(27(22)23)29(33)31(28)19-18-30-16-5-2-6-17-30/h1-17H,18-19H2/q+1. The summed E-state index contributed by atoms with van der Waals surface area (Å²) in [5.41, 5.74) is 3.40. The molecule has 0 radical (unpaired) electrons. The van der Waals surface area contributed by atoms with Gasteiger partial charge in [-0.15, -0.1) is 11.3 Å². The third-order valence-corrected chi connectivity index (χ3v) is 7.45. The summed E-state index contributed by atoms with van der Waals surface area (Å²) >= 11 is 1.72. The molecule has 0 saturated heterocycles. The third kappa shape index (κ3) is 3.42. The molecule has 0 aliphatic carbocycles. The first-order chi connectivity index (χ1) is 16.7. The molecular weight excluding hydrogens is 440 g/mol. The molecule has 2 aromatic heterocycles. The molecular formula is C29H21N2O2S+. The second-order valence-electron chi connectivity index (χ2n) is 8.29. The van der Waals surface area contributed by atoms with Gasteiger partial charge in [0.1, 0.15) is 0 Å². The summed E-state index contributed by atoms with van der Waals surface area (Å²) in [5, 5.41) is 1.70. The van der Waals surface area contributed by atoms with Crippen LogP contribution >= 0.6 is 11.3 Å². The number of carbonyl (C=O) groups is 2. The molecule has 0 spiro atoms. The van der Waals surface area contributed by atoms with E-state index in [1.165, 1.54) is 15.3 Å². The highest BCUT2D eigenvalue weighted by atomic mass is 32.1. The lowest BCUT2D eigenvalue weighted by molar-refractivity contribution is -0.695. The summed E-state index contributed by atoms with van der Waals surface area (Å²) in [6.07, 6.45) is 3.87. The molecule has 3 aromatic carbocycles. The maximum absolute atomic E-state index is 13.4. The molecule has 0 saturated carbocycles. The van der Waals surface area contributed by atoms with Crippen LogP contribution in [0.5, 0.6) is 0 Å². The Kier molecular flexibility index (Phi) is 5.04. The van der Waals surface area contributed by atoms with Crippen molar-refractivity contribution in [2.75, 3.05) is 6.54 Å². The lowest BCUT2D eigenvalue weighted by Gasteiger charge is -2.27. The number of aromatic nitrogens is 1. The molecule has 34 heavy (non-hydrogen) atoms. The fourth-order valence-corrected chi connectivity index (χ4v) is 5.65. The third-order valence-electron chi connectivity index (χ3n) is 6.28.